The van der Waals surface area contributed by atoms with E-state index in [-0.39, 0.29) is 22.4 Å². The molecular weight excluding hydrogens is 432 g/mol. The number of nitrogens with one attached hydrogen (secondary N) is 1. The van der Waals surface area contributed by atoms with Crippen LogP contribution in [0.25, 0.3) is 22.3 Å². The number of nitrogens with zero attached hydrogens (tertiary/aromatic N) is 5. The fourth-order valence-corrected chi connectivity index (χ4v) is 3.85. The summed E-state index contributed by atoms with van der Waals surface area (Å²) in [6.45, 7) is 3.77. The molecule has 0 radical (unpaired) electrons. The van der Waals surface area contributed by atoms with Gasteiger partial charge in [0.15, 0.2) is 5.69 Å². The van der Waals surface area contributed by atoms with E-state index in [4.69, 9.17) is 16.6 Å². The van der Waals surface area contributed by atoms with Crippen molar-refractivity contribution in [2.75, 3.05) is 5.32 Å². The third kappa shape index (κ3) is 3.82. The standard InChI is InChI=1S/C22H21ClN6O3/c1-11-7-14(12(2)25-16-5-6-17(23)26-19(16)22(31)32)18-15(8-11)21(30)29(4)20(27-18)13-9-24-28(3)10-13/h5-10,12,25H,1-4H3,(H,31,32). The number of benzene rings is 1. The molecule has 0 saturated heterocycles. The van der Waals surface area contributed by atoms with Gasteiger partial charge in [-0.15, -0.1) is 0 Å². The van der Waals surface area contributed by atoms with E-state index < -0.39 is 5.97 Å². The maximum atomic E-state index is 13.2. The van der Waals surface area contributed by atoms with Crippen LogP contribution in [0.5, 0.6) is 0 Å². The van der Waals surface area contributed by atoms with Gasteiger partial charge < -0.3 is 10.4 Å². The first kappa shape index (κ1) is 21.5. The van der Waals surface area contributed by atoms with E-state index in [1.54, 1.807) is 43.3 Å². The molecule has 1 aromatic carbocycles. The highest BCUT2D eigenvalue weighted by atomic mass is 35.5. The SMILES string of the molecule is Cc1cc(C(C)Nc2ccc(Cl)nc2C(=O)O)c2nc(-c3cnn(C)c3)n(C)c(=O)c2c1. The lowest BCUT2D eigenvalue weighted by Gasteiger charge is -2.20. The van der Waals surface area contributed by atoms with Crippen LogP contribution in [0.1, 0.15) is 34.6 Å². The molecule has 3 heterocycles. The number of aromatic carboxylic acids is 1. The minimum Gasteiger partial charge on any atom is -0.476 e. The Hall–Kier alpha value is -3.72. The first-order valence-corrected chi connectivity index (χ1v) is 10.2. The van der Waals surface area contributed by atoms with Crippen molar-refractivity contribution in [3.8, 4) is 11.4 Å². The number of hydrogen-bond acceptors (Lipinski definition) is 6. The molecule has 0 aliphatic heterocycles. The van der Waals surface area contributed by atoms with Gasteiger partial charge in [-0.1, -0.05) is 17.7 Å². The van der Waals surface area contributed by atoms with E-state index in [2.05, 4.69) is 15.4 Å². The summed E-state index contributed by atoms with van der Waals surface area (Å²) in [6.07, 6.45) is 3.45. The highest BCUT2D eigenvalue weighted by Crippen LogP contribution is 2.29. The summed E-state index contributed by atoms with van der Waals surface area (Å²) >= 11 is 5.87. The van der Waals surface area contributed by atoms with Gasteiger partial charge in [0.25, 0.3) is 5.56 Å². The molecule has 0 aliphatic carbocycles. The van der Waals surface area contributed by atoms with Gasteiger partial charge in [-0.2, -0.15) is 5.10 Å². The lowest BCUT2D eigenvalue weighted by atomic mass is 10.0. The first-order chi connectivity index (χ1) is 15.2. The minimum absolute atomic E-state index is 0.0906. The third-order valence-corrected chi connectivity index (χ3v) is 5.43. The Bertz CT molecular complexity index is 1430. The molecular formula is C22H21ClN6O3. The van der Waals surface area contributed by atoms with Gasteiger partial charge in [-0.25, -0.2) is 14.8 Å². The summed E-state index contributed by atoms with van der Waals surface area (Å²) in [4.78, 5) is 33.5. The number of rotatable bonds is 5. The number of carboxylic acids is 1. The summed E-state index contributed by atoms with van der Waals surface area (Å²) in [6, 6.07) is 6.45. The van der Waals surface area contributed by atoms with Crippen molar-refractivity contribution in [2.24, 2.45) is 14.1 Å². The second-order valence-corrected chi connectivity index (χ2v) is 8.04. The maximum Gasteiger partial charge on any atom is 0.356 e. The predicted molar refractivity (Wildman–Crippen MR) is 122 cm³/mol. The fourth-order valence-electron chi connectivity index (χ4n) is 3.70. The van der Waals surface area contributed by atoms with E-state index >= 15 is 0 Å². The van der Waals surface area contributed by atoms with Gasteiger partial charge in [0.05, 0.1) is 34.4 Å². The lowest BCUT2D eigenvalue weighted by molar-refractivity contribution is 0.0691. The molecule has 4 rings (SSSR count). The van der Waals surface area contributed by atoms with Crippen molar-refractivity contribution in [3.05, 3.63) is 69.0 Å². The summed E-state index contributed by atoms with van der Waals surface area (Å²) in [7, 11) is 3.48. The summed E-state index contributed by atoms with van der Waals surface area (Å²) < 4.78 is 3.15. The second-order valence-electron chi connectivity index (χ2n) is 7.65. The average Bonchev–Trinajstić information content (AvgIpc) is 3.17. The molecule has 2 N–H and O–H groups in total. The van der Waals surface area contributed by atoms with Gasteiger partial charge in [0.1, 0.15) is 11.0 Å². The van der Waals surface area contributed by atoms with Crippen LogP contribution in [-0.4, -0.2) is 35.4 Å². The van der Waals surface area contributed by atoms with E-state index in [1.807, 2.05) is 19.9 Å². The van der Waals surface area contributed by atoms with Gasteiger partial charge in [0, 0.05) is 25.9 Å². The molecule has 1 atom stereocenters. The molecule has 9 nitrogen and oxygen atoms in total. The van der Waals surface area contributed by atoms with E-state index in [1.165, 1.54) is 10.6 Å². The van der Waals surface area contributed by atoms with Crippen molar-refractivity contribution in [1.82, 2.24) is 24.3 Å². The number of fused-ring (bicyclic) bond motifs is 1. The zero-order chi connectivity index (χ0) is 23.2. The highest BCUT2D eigenvalue weighted by molar-refractivity contribution is 6.29. The molecule has 0 bridgehead atoms. The quantitative estimate of drug-likeness (QED) is 0.445. The fraction of sp³-hybridized carbons (Fsp3) is 0.227. The molecule has 4 aromatic rings. The van der Waals surface area contributed by atoms with Gasteiger partial charge >= 0.3 is 5.97 Å². The normalized spacial score (nSPS) is 12.2. The van der Waals surface area contributed by atoms with Gasteiger partial charge in [0.2, 0.25) is 0 Å². The number of halogens is 1. The summed E-state index contributed by atoms with van der Waals surface area (Å²) in [5.41, 5.74) is 2.87. The number of aryl methyl sites for hydroxylation is 2. The molecule has 0 aliphatic rings. The topological polar surface area (TPSA) is 115 Å². The van der Waals surface area contributed by atoms with Crippen LogP contribution in [-0.2, 0) is 14.1 Å². The Morgan fingerprint density at radius 3 is 2.62 bits per heavy atom. The van der Waals surface area contributed by atoms with Crippen LogP contribution >= 0.6 is 11.6 Å². The molecule has 164 valence electrons. The summed E-state index contributed by atoms with van der Waals surface area (Å²) in [5.74, 6) is -0.700. The number of carboxylic acid groups (broad SMARTS) is 1. The van der Waals surface area contributed by atoms with Gasteiger partial charge in [-0.05, 0) is 37.6 Å². The summed E-state index contributed by atoms with van der Waals surface area (Å²) in [5, 5.41) is 17.4. The van der Waals surface area contributed by atoms with Gasteiger partial charge in [-0.3, -0.25) is 14.0 Å². The van der Waals surface area contributed by atoms with Crippen LogP contribution in [0.2, 0.25) is 5.15 Å². The lowest BCUT2D eigenvalue weighted by Crippen LogP contribution is -2.22. The Morgan fingerprint density at radius 2 is 1.97 bits per heavy atom. The Morgan fingerprint density at radius 1 is 1.22 bits per heavy atom. The zero-order valence-corrected chi connectivity index (χ0v) is 18.7. The molecule has 1 unspecified atom stereocenters. The monoisotopic (exact) mass is 452 g/mol. The Labute approximate surface area is 188 Å². The molecule has 0 fully saturated rings. The second kappa shape index (κ2) is 8.08. The number of pyridine rings is 1. The third-order valence-electron chi connectivity index (χ3n) is 5.22. The zero-order valence-electron chi connectivity index (χ0n) is 17.9. The molecule has 32 heavy (non-hydrogen) atoms. The van der Waals surface area contributed by atoms with Crippen molar-refractivity contribution in [1.29, 1.82) is 0 Å². The number of hydrogen-bond donors (Lipinski definition) is 2. The van der Waals surface area contributed by atoms with Crippen LogP contribution in [0.15, 0.2) is 41.5 Å². The van der Waals surface area contributed by atoms with Crippen LogP contribution in [0, 0.1) is 6.92 Å². The van der Waals surface area contributed by atoms with Crippen molar-refractivity contribution in [2.45, 2.75) is 19.9 Å². The highest BCUT2D eigenvalue weighted by Gasteiger charge is 2.20. The van der Waals surface area contributed by atoms with Crippen LogP contribution < -0.4 is 10.9 Å². The van der Waals surface area contributed by atoms with E-state index in [9.17, 15) is 14.7 Å². The smallest absolute Gasteiger partial charge is 0.356 e. The van der Waals surface area contributed by atoms with Crippen molar-refractivity contribution >= 4 is 34.2 Å². The largest absolute Gasteiger partial charge is 0.476 e. The van der Waals surface area contributed by atoms with Crippen molar-refractivity contribution < 1.29 is 9.90 Å². The maximum absolute atomic E-state index is 13.2. The van der Waals surface area contributed by atoms with Crippen LogP contribution in [0.3, 0.4) is 0 Å². The first-order valence-electron chi connectivity index (χ1n) is 9.82. The number of aromatic nitrogens is 5. The molecule has 0 saturated carbocycles. The molecule has 0 spiro atoms. The number of anilines is 1. The number of carbonyl (C=O) groups is 1. The Kier molecular flexibility index (Phi) is 5.43. The molecule has 0 amide bonds. The van der Waals surface area contributed by atoms with E-state index in [0.29, 0.717) is 22.4 Å². The molecule has 3 aromatic heterocycles. The minimum atomic E-state index is -1.19. The van der Waals surface area contributed by atoms with E-state index in [0.717, 1.165) is 16.7 Å². The van der Waals surface area contributed by atoms with Crippen molar-refractivity contribution in [3.63, 3.8) is 0 Å². The molecule has 10 heteroatoms. The Balaban J connectivity index is 1.88. The van der Waals surface area contributed by atoms with Crippen LogP contribution in [0.4, 0.5) is 5.69 Å². The average molecular weight is 453 g/mol. The predicted octanol–water partition coefficient (Wildman–Crippen LogP) is 3.56.